The standard InChI is InChI=1S/C40H53N9O3/c1-40(2,3)35(41)25-37(44-29-13-11-28(12-14-29)26-47-21-23-51-24-22-47)46-39(50)45-33-16-17-34(32-10-6-5-9-31(32)33)52-30-15-18-36(42)49(27-30)38(43)48-19-7-4-8-20-48/h5-6,9-15,18,27,33-34,41-43H,4,7-8,16-17,19-26H2,1-3H3,(H2,44,45,46,50). The first kappa shape index (κ1) is 37.0. The summed E-state index contributed by atoms with van der Waals surface area (Å²) < 4.78 is 13.6. The van der Waals surface area contributed by atoms with E-state index < -0.39 is 0 Å². The summed E-state index contributed by atoms with van der Waals surface area (Å²) in [7, 11) is 0. The van der Waals surface area contributed by atoms with Gasteiger partial charge in [0.15, 0.2) is 0 Å². The van der Waals surface area contributed by atoms with Gasteiger partial charge < -0.3 is 25.1 Å². The van der Waals surface area contributed by atoms with Crippen LogP contribution in [-0.2, 0) is 11.3 Å². The summed E-state index contributed by atoms with van der Waals surface area (Å²) in [6, 6.07) is 18.9. The Hall–Kier alpha value is -4.81. The molecule has 0 bridgehead atoms. The molecule has 0 spiro atoms. The Bertz CT molecular complexity index is 1820. The molecule has 52 heavy (non-hydrogen) atoms. The van der Waals surface area contributed by atoms with Crippen molar-refractivity contribution in [1.82, 2.24) is 25.0 Å². The molecular formula is C40H53N9O3. The first-order valence-electron chi connectivity index (χ1n) is 18.5. The molecule has 3 aromatic rings. The first-order valence-corrected chi connectivity index (χ1v) is 18.5. The Morgan fingerprint density at radius 2 is 1.63 bits per heavy atom. The third-order valence-electron chi connectivity index (χ3n) is 10.0. The number of rotatable bonds is 8. The molecule has 2 unspecified atom stereocenters. The van der Waals surface area contributed by atoms with Gasteiger partial charge in [0, 0.05) is 44.9 Å². The molecule has 12 nitrogen and oxygen atoms in total. The van der Waals surface area contributed by atoms with E-state index in [2.05, 4.69) is 27.7 Å². The van der Waals surface area contributed by atoms with Crippen LogP contribution in [0.5, 0.6) is 5.75 Å². The number of aromatic nitrogens is 1. The van der Waals surface area contributed by atoms with Crippen molar-refractivity contribution in [2.45, 2.75) is 78.0 Å². The Kier molecular flexibility index (Phi) is 11.9. The molecule has 2 saturated heterocycles. The molecule has 0 radical (unpaired) electrons. The van der Waals surface area contributed by atoms with Gasteiger partial charge in [-0.2, -0.15) is 0 Å². The number of amidine groups is 1. The third-order valence-corrected chi connectivity index (χ3v) is 10.0. The van der Waals surface area contributed by atoms with Crippen molar-refractivity contribution < 1.29 is 14.3 Å². The lowest BCUT2D eigenvalue weighted by Crippen LogP contribution is -2.43. The average molecular weight is 708 g/mol. The highest BCUT2D eigenvalue weighted by atomic mass is 16.5. The number of amides is 2. The minimum absolute atomic E-state index is 0.218. The summed E-state index contributed by atoms with van der Waals surface area (Å²) in [5.41, 5.74) is 4.23. The van der Waals surface area contributed by atoms with E-state index in [0.717, 1.165) is 75.6 Å². The smallest absolute Gasteiger partial charge is 0.320 e. The van der Waals surface area contributed by atoms with Crippen molar-refractivity contribution in [3.8, 4) is 5.75 Å². The van der Waals surface area contributed by atoms with Gasteiger partial charge >= 0.3 is 6.03 Å². The number of hydrogen-bond donors (Lipinski definition) is 5. The Morgan fingerprint density at radius 3 is 2.35 bits per heavy atom. The van der Waals surface area contributed by atoms with E-state index >= 15 is 0 Å². The summed E-state index contributed by atoms with van der Waals surface area (Å²) in [4.78, 5) is 22.8. The van der Waals surface area contributed by atoms with Gasteiger partial charge in [-0.3, -0.25) is 25.6 Å². The fourth-order valence-corrected chi connectivity index (χ4v) is 6.89. The fourth-order valence-electron chi connectivity index (χ4n) is 6.89. The molecule has 2 amide bonds. The Labute approximate surface area is 306 Å². The summed E-state index contributed by atoms with van der Waals surface area (Å²) >= 11 is 0. The van der Waals surface area contributed by atoms with Crippen LogP contribution in [0.25, 0.3) is 0 Å². The van der Waals surface area contributed by atoms with Crippen LogP contribution in [0, 0.1) is 21.6 Å². The van der Waals surface area contributed by atoms with E-state index in [1.54, 1.807) is 22.9 Å². The molecule has 2 aromatic carbocycles. The molecule has 0 saturated carbocycles. The maximum atomic E-state index is 13.6. The van der Waals surface area contributed by atoms with Crippen molar-refractivity contribution in [2.24, 2.45) is 10.4 Å². The lowest BCUT2D eigenvalue weighted by Gasteiger charge is -2.33. The second-order valence-electron chi connectivity index (χ2n) is 15.0. The molecular weight excluding hydrogens is 654 g/mol. The number of urea groups is 1. The maximum absolute atomic E-state index is 13.6. The predicted octanol–water partition coefficient (Wildman–Crippen LogP) is 6.51. The van der Waals surface area contributed by atoms with Crippen LogP contribution in [0.2, 0.25) is 0 Å². The van der Waals surface area contributed by atoms with Crippen LogP contribution in [0.15, 0.2) is 71.9 Å². The number of ether oxygens (including phenoxy) is 2. The minimum Gasteiger partial charge on any atom is -0.484 e. The molecule has 2 aliphatic heterocycles. The Balaban J connectivity index is 1.14. The molecule has 1 aliphatic carbocycles. The molecule has 3 aliphatic rings. The second-order valence-corrected chi connectivity index (χ2v) is 15.0. The van der Waals surface area contributed by atoms with Gasteiger partial charge in [0.1, 0.15) is 23.2 Å². The fraction of sp³-hybridized carbons (Fsp3) is 0.475. The van der Waals surface area contributed by atoms with Crippen LogP contribution in [0.3, 0.4) is 0 Å². The highest BCUT2D eigenvalue weighted by molar-refractivity contribution is 6.09. The normalized spacial score (nSPS) is 19.8. The average Bonchev–Trinajstić information content (AvgIpc) is 3.14. The number of pyridine rings is 1. The van der Waals surface area contributed by atoms with E-state index in [-0.39, 0.29) is 35.5 Å². The highest BCUT2D eigenvalue weighted by Crippen LogP contribution is 2.38. The van der Waals surface area contributed by atoms with E-state index in [1.807, 2.05) is 62.1 Å². The van der Waals surface area contributed by atoms with Gasteiger partial charge in [-0.1, -0.05) is 57.2 Å². The van der Waals surface area contributed by atoms with Gasteiger partial charge in [-0.25, -0.2) is 9.79 Å². The number of morpholine rings is 1. The number of fused-ring (bicyclic) bond motifs is 1. The lowest BCUT2D eigenvalue weighted by molar-refractivity contribution is 0.0342. The van der Waals surface area contributed by atoms with Crippen molar-refractivity contribution in [1.29, 1.82) is 16.2 Å². The summed E-state index contributed by atoms with van der Waals surface area (Å²) in [6.07, 6.45) is 6.32. The predicted molar refractivity (Wildman–Crippen MR) is 204 cm³/mol. The number of aliphatic imine (C=N–C) groups is 1. The number of nitrogens with zero attached hydrogens (tertiary/aromatic N) is 4. The van der Waals surface area contributed by atoms with E-state index in [1.165, 1.54) is 12.0 Å². The van der Waals surface area contributed by atoms with Crippen LogP contribution in [0.4, 0.5) is 10.5 Å². The van der Waals surface area contributed by atoms with E-state index in [0.29, 0.717) is 36.1 Å². The van der Waals surface area contributed by atoms with Gasteiger partial charge in [0.25, 0.3) is 0 Å². The number of benzene rings is 2. The molecule has 3 heterocycles. The van der Waals surface area contributed by atoms with Gasteiger partial charge in [-0.05, 0) is 78.5 Å². The van der Waals surface area contributed by atoms with Crippen LogP contribution in [0.1, 0.15) is 88.1 Å². The topological polar surface area (TPSA) is 155 Å². The lowest BCUT2D eigenvalue weighted by atomic mass is 9.85. The van der Waals surface area contributed by atoms with Crippen molar-refractivity contribution >= 4 is 29.2 Å². The quantitative estimate of drug-likeness (QED) is 0.133. The molecule has 276 valence electrons. The zero-order chi connectivity index (χ0) is 36.7. The molecule has 5 N–H and O–H groups in total. The van der Waals surface area contributed by atoms with Crippen molar-refractivity contribution in [2.75, 3.05) is 39.4 Å². The first-order chi connectivity index (χ1) is 25.0. The summed E-state index contributed by atoms with van der Waals surface area (Å²) in [5, 5.41) is 32.1. The number of nitrogens with one attached hydrogen (secondary N) is 5. The highest BCUT2D eigenvalue weighted by Gasteiger charge is 2.30. The monoisotopic (exact) mass is 707 g/mol. The summed E-state index contributed by atoms with van der Waals surface area (Å²) in [5.74, 6) is 1.32. The minimum atomic E-state index is -0.369. The number of carbonyl (C=O) groups is 1. The molecule has 12 heteroatoms. The largest absolute Gasteiger partial charge is 0.484 e. The second kappa shape index (κ2) is 16.7. The number of likely N-dealkylation sites (tertiary alicyclic amines) is 1. The maximum Gasteiger partial charge on any atom is 0.320 e. The van der Waals surface area contributed by atoms with E-state index in [4.69, 9.17) is 30.7 Å². The molecule has 1 aromatic heterocycles. The van der Waals surface area contributed by atoms with Gasteiger partial charge in [0.05, 0.1) is 31.1 Å². The third kappa shape index (κ3) is 9.54. The molecule has 2 atom stereocenters. The zero-order valence-corrected chi connectivity index (χ0v) is 30.7. The van der Waals surface area contributed by atoms with Gasteiger partial charge in [-0.15, -0.1) is 0 Å². The number of hydrogen-bond acceptors (Lipinski definition) is 8. The zero-order valence-electron chi connectivity index (χ0n) is 30.7. The SMILES string of the molecule is CC(C)(C)C(=N)CC(=Nc1ccc(CN2CCOCC2)cc1)NC(=O)NC1CCC(Oc2ccc(=N)n(C(=N)N3CCCCC3)c2)c2ccccc21. The summed E-state index contributed by atoms with van der Waals surface area (Å²) in [6.45, 7) is 11.8. The van der Waals surface area contributed by atoms with Crippen molar-refractivity contribution in [3.05, 3.63) is 89.0 Å². The number of piperidine rings is 1. The van der Waals surface area contributed by atoms with Crippen LogP contribution >= 0.6 is 0 Å². The molecule has 2 fully saturated rings. The molecule has 6 rings (SSSR count). The Morgan fingerprint density at radius 1 is 0.923 bits per heavy atom. The van der Waals surface area contributed by atoms with Gasteiger partial charge in [0.2, 0.25) is 5.96 Å². The van der Waals surface area contributed by atoms with Crippen LogP contribution < -0.4 is 20.9 Å². The van der Waals surface area contributed by atoms with E-state index in [9.17, 15) is 4.79 Å². The number of carbonyl (C=O) groups excluding carboxylic acids is 1. The van der Waals surface area contributed by atoms with Crippen molar-refractivity contribution in [3.63, 3.8) is 0 Å². The van der Waals surface area contributed by atoms with Crippen LogP contribution in [-0.4, -0.2) is 77.3 Å².